The number of carboxylic acids is 1. The zero-order valence-electron chi connectivity index (χ0n) is 13.2. The van der Waals surface area contributed by atoms with Gasteiger partial charge in [-0.2, -0.15) is 0 Å². The molecular formula is C16H26N2O3. The Morgan fingerprint density at radius 2 is 2.05 bits per heavy atom. The van der Waals surface area contributed by atoms with Gasteiger partial charge in [-0.1, -0.05) is 19.8 Å². The van der Waals surface area contributed by atoms with Crippen molar-refractivity contribution < 1.29 is 14.7 Å². The Bertz CT molecular complexity index is 424. The van der Waals surface area contributed by atoms with E-state index in [0.717, 1.165) is 0 Å². The Labute approximate surface area is 127 Å². The number of rotatable bonds is 6. The Morgan fingerprint density at radius 3 is 2.48 bits per heavy atom. The molecule has 118 valence electrons. The number of likely N-dealkylation sites (tertiary alicyclic amines) is 1. The van der Waals surface area contributed by atoms with Gasteiger partial charge in [0.2, 0.25) is 5.91 Å². The summed E-state index contributed by atoms with van der Waals surface area (Å²) in [6, 6.07) is 0.0917. The minimum Gasteiger partial charge on any atom is -0.481 e. The average molecular weight is 294 g/mol. The predicted molar refractivity (Wildman–Crippen MR) is 81.7 cm³/mol. The fraction of sp³-hybridized carbons (Fsp3) is 0.750. The van der Waals surface area contributed by atoms with Gasteiger partial charge in [-0.25, -0.2) is 0 Å². The van der Waals surface area contributed by atoms with Gasteiger partial charge in [0.1, 0.15) is 5.54 Å². The topological polar surface area (TPSA) is 69.6 Å². The summed E-state index contributed by atoms with van der Waals surface area (Å²) in [7, 11) is 0. The first-order valence-electron chi connectivity index (χ1n) is 7.63. The van der Waals surface area contributed by atoms with Crippen LogP contribution >= 0.6 is 0 Å². The predicted octanol–water partition coefficient (Wildman–Crippen LogP) is 1.48. The smallest absolute Gasteiger partial charge is 0.306 e. The molecule has 1 aliphatic rings. The maximum atomic E-state index is 12.2. The molecule has 2 unspecified atom stereocenters. The second kappa shape index (κ2) is 7.46. The van der Waals surface area contributed by atoms with E-state index in [0.29, 0.717) is 32.2 Å². The number of piperidine rings is 1. The summed E-state index contributed by atoms with van der Waals surface area (Å²) in [5.41, 5.74) is -0.570. The van der Waals surface area contributed by atoms with Gasteiger partial charge < -0.3 is 10.4 Å². The van der Waals surface area contributed by atoms with Gasteiger partial charge in [-0.05, 0) is 39.2 Å². The highest BCUT2D eigenvalue weighted by atomic mass is 16.4. The number of hydrogen-bond acceptors (Lipinski definition) is 3. The highest BCUT2D eigenvalue weighted by molar-refractivity contribution is 5.79. The number of carboxylic acid groups (broad SMARTS) is 1. The van der Waals surface area contributed by atoms with Crippen LogP contribution in [-0.2, 0) is 9.59 Å². The molecule has 0 spiro atoms. The van der Waals surface area contributed by atoms with E-state index in [1.54, 1.807) is 0 Å². The van der Waals surface area contributed by atoms with Gasteiger partial charge in [-0.15, -0.1) is 6.42 Å². The minimum absolute atomic E-state index is 0.0859. The van der Waals surface area contributed by atoms with Gasteiger partial charge >= 0.3 is 5.97 Å². The Kier molecular flexibility index (Phi) is 6.22. The highest BCUT2D eigenvalue weighted by Crippen LogP contribution is 2.23. The normalized spacial score (nSPS) is 23.3. The average Bonchev–Trinajstić information content (AvgIpc) is 2.47. The van der Waals surface area contributed by atoms with E-state index in [4.69, 9.17) is 11.5 Å². The van der Waals surface area contributed by atoms with Crippen LogP contribution in [0.4, 0.5) is 0 Å². The second-order valence-corrected chi connectivity index (χ2v) is 5.86. The van der Waals surface area contributed by atoms with E-state index < -0.39 is 11.5 Å². The molecule has 0 aromatic heterocycles. The van der Waals surface area contributed by atoms with E-state index in [1.165, 1.54) is 0 Å². The van der Waals surface area contributed by atoms with Gasteiger partial charge in [0, 0.05) is 6.04 Å². The summed E-state index contributed by atoms with van der Waals surface area (Å²) in [6.07, 6.45) is 8.12. The molecule has 1 heterocycles. The van der Waals surface area contributed by atoms with Crippen molar-refractivity contribution in [3.8, 4) is 12.3 Å². The molecule has 1 amide bonds. The molecule has 5 nitrogen and oxygen atoms in total. The van der Waals surface area contributed by atoms with E-state index in [9.17, 15) is 9.59 Å². The van der Waals surface area contributed by atoms with Crippen LogP contribution in [-0.4, -0.2) is 46.6 Å². The van der Waals surface area contributed by atoms with Gasteiger partial charge in [-0.3, -0.25) is 14.5 Å². The van der Waals surface area contributed by atoms with Crippen LogP contribution in [0.1, 0.15) is 46.5 Å². The van der Waals surface area contributed by atoms with Crippen molar-refractivity contribution in [2.45, 2.75) is 58.0 Å². The van der Waals surface area contributed by atoms with Crippen LogP contribution < -0.4 is 5.32 Å². The van der Waals surface area contributed by atoms with E-state index in [2.05, 4.69) is 11.2 Å². The number of aliphatic carboxylic acids is 1. The molecule has 1 aliphatic heterocycles. The summed E-state index contributed by atoms with van der Waals surface area (Å²) in [6.45, 7) is 6.80. The first-order valence-corrected chi connectivity index (χ1v) is 7.63. The van der Waals surface area contributed by atoms with Crippen molar-refractivity contribution in [2.75, 3.05) is 13.1 Å². The SMILES string of the molecule is C#CC(CC)(CC)NC(=O)CN1CCC(C(=O)O)CC1C. The number of hydrogen-bond donors (Lipinski definition) is 2. The largest absolute Gasteiger partial charge is 0.481 e. The zero-order valence-corrected chi connectivity index (χ0v) is 13.2. The van der Waals surface area contributed by atoms with Crippen molar-refractivity contribution in [1.29, 1.82) is 0 Å². The number of carbonyl (C=O) groups excluding carboxylic acids is 1. The lowest BCUT2D eigenvalue weighted by atomic mass is 9.91. The first kappa shape index (κ1) is 17.5. The molecule has 0 radical (unpaired) electrons. The lowest BCUT2D eigenvalue weighted by Crippen LogP contribution is -2.52. The minimum atomic E-state index is -0.741. The molecule has 5 heteroatoms. The molecule has 0 aromatic rings. The van der Waals surface area contributed by atoms with Gasteiger partial charge in [0.25, 0.3) is 0 Å². The van der Waals surface area contributed by atoms with Crippen molar-refractivity contribution >= 4 is 11.9 Å². The molecule has 0 saturated carbocycles. The molecular weight excluding hydrogens is 268 g/mol. The third-order valence-electron chi connectivity index (χ3n) is 4.57. The number of terminal acetylenes is 1. The van der Waals surface area contributed by atoms with Crippen LogP contribution in [0, 0.1) is 18.3 Å². The molecule has 1 saturated heterocycles. The molecule has 21 heavy (non-hydrogen) atoms. The third kappa shape index (κ3) is 4.47. The van der Waals surface area contributed by atoms with Gasteiger partial charge in [0.15, 0.2) is 0 Å². The molecule has 2 N–H and O–H groups in total. The van der Waals surface area contributed by atoms with Crippen molar-refractivity contribution in [3.05, 3.63) is 0 Å². The third-order valence-corrected chi connectivity index (χ3v) is 4.57. The van der Waals surface area contributed by atoms with E-state index >= 15 is 0 Å². The summed E-state index contributed by atoms with van der Waals surface area (Å²) in [5, 5.41) is 12.0. The molecule has 0 aliphatic carbocycles. The quantitative estimate of drug-likeness (QED) is 0.728. The van der Waals surface area contributed by atoms with Crippen LogP contribution in [0.25, 0.3) is 0 Å². The highest BCUT2D eigenvalue weighted by Gasteiger charge is 2.32. The molecule has 2 atom stereocenters. The van der Waals surface area contributed by atoms with E-state index in [1.807, 2.05) is 25.7 Å². The number of amides is 1. The summed E-state index contributed by atoms with van der Waals surface area (Å²) in [5.74, 6) is 1.56. The van der Waals surface area contributed by atoms with Crippen molar-refractivity contribution in [3.63, 3.8) is 0 Å². The monoisotopic (exact) mass is 294 g/mol. The zero-order chi connectivity index (χ0) is 16.0. The van der Waals surface area contributed by atoms with Crippen LogP contribution in [0.2, 0.25) is 0 Å². The van der Waals surface area contributed by atoms with Crippen LogP contribution in [0.5, 0.6) is 0 Å². The lowest BCUT2D eigenvalue weighted by Gasteiger charge is -2.36. The fourth-order valence-electron chi connectivity index (χ4n) is 2.84. The Morgan fingerprint density at radius 1 is 1.43 bits per heavy atom. The maximum Gasteiger partial charge on any atom is 0.306 e. The lowest BCUT2D eigenvalue weighted by molar-refractivity contribution is -0.144. The Hall–Kier alpha value is -1.54. The number of nitrogens with zero attached hydrogens (tertiary/aromatic N) is 1. The number of nitrogens with one attached hydrogen (secondary N) is 1. The summed E-state index contributed by atoms with van der Waals surface area (Å²) in [4.78, 5) is 25.2. The summed E-state index contributed by atoms with van der Waals surface area (Å²) >= 11 is 0. The summed E-state index contributed by atoms with van der Waals surface area (Å²) < 4.78 is 0. The maximum absolute atomic E-state index is 12.2. The van der Waals surface area contributed by atoms with Crippen molar-refractivity contribution in [1.82, 2.24) is 10.2 Å². The molecule has 1 fully saturated rings. The number of carbonyl (C=O) groups is 2. The first-order chi connectivity index (χ1) is 9.87. The van der Waals surface area contributed by atoms with Crippen LogP contribution in [0.3, 0.4) is 0 Å². The second-order valence-electron chi connectivity index (χ2n) is 5.86. The van der Waals surface area contributed by atoms with Crippen LogP contribution in [0.15, 0.2) is 0 Å². The molecule has 0 bridgehead atoms. The fourth-order valence-corrected chi connectivity index (χ4v) is 2.84. The molecule has 0 aromatic carbocycles. The van der Waals surface area contributed by atoms with Crippen molar-refractivity contribution in [2.24, 2.45) is 5.92 Å². The standard InChI is InChI=1S/C16H26N2O3/c1-5-16(6-2,7-3)17-14(19)11-18-9-8-13(15(20)21)10-12(18)4/h1,12-13H,6-11H2,2-4H3,(H,17,19)(H,20,21). The molecule has 1 rings (SSSR count). The Balaban J connectivity index is 2.56. The van der Waals surface area contributed by atoms with Gasteiger partial charge in [0.05, 0.1) is 12.5 Å². The van der Waals surface area contributed by atoms with E-state index in [-0.39, 0.29) is 24.4 Å².